The summed E-state index contributed by atoms with van der Waals surface area (Å²) in [4.78, 5) is 14.2. The molecule has 0 bridgehead atoms. The predicted molar refractivity (Wildman–Crippen MR) is 81.0 cm³/mol. The number of nitrogen functional groups attached to an aromatic ring is 1. The van der Waals surface area contributed by atoms with Gasteiger partial charge in [-0.1, -0.05) is 11.6 Å². The highest BCUT2D eigenvalue weighted by molar-refractivity contribution is 6.31. The first-order chi connectivity index (χ1) is 9.65. The lowest BCUT2D eigenvalue weighted by molar-refractivity contribution is -0.116. The van der Waals surface area contributed by atoms with E-state index in [1.807, 2.05) is 0 Å². The fraction of sp³-hybridized carbons (Fsp3) is 0.500. The summed E-state index contributed by atoms with van der Waals surface area (Å²) in [5, 5.41) is 3.37. The van der Waals surface area contributed by atoms with Gasteiger partial charge in [-0.2, -0.15) is 0 Å². The monoisotopic (exact) mass is 297 g/mol. The molecule has 0 aromatic heterocycles. The number of benzene rings is 1. The number of nitrogens with zero attached hydrogens (tertiary/aromatic N) is 1. The van der Waals surface area contributed by atoms with Crippen LogP contribution in [0.2, 0.25) is 5.02 Å². The van der Waals surface area contributed by atoms with E-state index >= 15 is 0 Å². The van der Waals surface area contributed by atoms with Crippen molar-refractivity contribution in [2.75, 3.05) is 43.9 Å². The Hall–Kier alpha value is -1.30. The molecule has 3 N–H and O–H groups in total. The Morgan fingerprint density at radius 2 is 2.15 bits per heavy atom. The van der Waals surface area contributed by atoms with Crippen molar-refractivity contribution in [1.29, 1.82) is 0 Å². The van der Waals surface area contributed by atoms with E-state index in [9.17, 15) is 4.79 Å². The lowest BCUT2D eigenvalue weighted by Crippen LogP contribution is -2.37. The highest BCUT2D eigenvalue weighted by Gasteiger charge is 2.11. The van der Waals surface area contributed by atoms with Crippen LogP contribution < -0.4 is 11.1 Å². The summed E-state index contributed by atoms with van der Waals surface area (Å²) in [5.41, 5.74) is 6.90. The molecule has 0 aliphatic carbocycles. The number of morpholine rings is 1. The minimum atomic E-state index is -0.0210. The van der Waals surface area contributed by atoms with Crippen molar-refractivity contribution >= 4 is 28.9 Å². The second-order valence-electron chi connectivity index (χ2n) is 4.84. The van der Waals surface area contributed by atoms with E-state index in [0.717, 1.165) is 39.3 Å². The summed E-state index contributed by atoms with van der Waals surface area (Å²) in [6.45, 7) is 4.39. The average molecular weight is 298 g/mol. The quantitative estimate of drug-likeness (QED) is 0.816. The van der Waals surface area contributed by atoms with Crippen molar-refractivity contribution in [1.82, 2.24) is 4.90 Å². The Labute approximate surface area is 124 Å². The van der Waals surface area contributed by atoms with Gasteiger partial charge in [-0.15, -0.1) is 0 Å². The Kier molecular flexibility index (Phi) is 5.64. The summed E-state index contributed by atoms with van der Waals surface area (Å²) in [5.74, 6) is -0.0210. The number of rotatable bonds is 5. The summed E-state index contributed by atoms with van der Waals surface area (Å²) >= 11 is 5.81. The second kappa shape index (κ2) is 7.47. The van der Waals surface area contributed by atoms with Crippen LogP contribution in [0.4, 0.5) is 11.4 Å². The number of hydrogen-bond donors (Lipinski definition) is 2. The van der Waals surface area contributed by atoms with E-state index in [1.54, 1.807) is 18.2 Å². The van der Waals surface area contributed by atoms with Crippen LogP contribution in [0.25, 0.3) is 0 Å². The molecule has 1 fully saturated rings. The summed E-state index contributed by atoms with van der Waals surface area (Å²) in [7, 11) is 0. The van der Waals surface area contributed by atoms with Gasteiger partial charge in [0.05, 0.1) is 24.6 Å². The Morgan fingerprint density at radius 3 is 2.85 bits per heavy atom. The maximum absolute atomic E-state index is 11.8. The molecule has 0 spiro atoms. The highest BCUT2D eigenvalue weighted by atomic mass is 35.5. The molecule has 0 atom stereocenters. The molecule has 1 aliphatic rings. The molecule has 20 heavy (non-hydrogen) atoms. The fourth-order valence-corrected chi connectivity index (χ4v) is 2.33. The first kappa shape index (κ1) is 15.1. The summed E-state index contributed by atoms with van der Waals surface area (Å²) in [6, 6.07) is 5.06. The van der Waals surface area contributed by atoms with E-state index in [2.05, 4.69) is 10.2 Å². The van der Waals surface area contributed by atoms with Gasteiger partial charge in [0.15, 0.2) is 0 Å². The molecule has 0 saturated carbocycles. The van der Waals surface area contributed by atoms with Crippen LogP contribution in [0, 0.1) is 0 Å². The zero-order valence-electron chi connectivity index (χ0n) is 11.4. The molecule has 110 valence electrons. The standard InChI is InChI=1S/C14H20ClN3O2/c15-11-3-4-13(12(16)10-11)17-14(19)2-1-5-18-6-8-20-9-7-18/h3-4,10H,1-2,5-9,16H2,(H,17,19). The van der Waals surface area contributed by atoms with Crippen molar-refractivity contribution in [2.45, 2.75) is 12.8 Å². The Balaban J connectivity index is 1.72. The first-order valence-corrected chi connectivity index (χ1v) is 7.18. The van der Waals surface area contributed by atoms with Crippen LogP contribution in [-0.4, -0.2) is 43.7 Å². The molecule has 1 aromatic carbocycles. The van der Waals surface area contributed by atoms with Crippen LogP contribution in [0.3, 0.4) is 0 Å². The Morgan fingerprint density at radius 1 is 1.40 bits per heavy atom. The van der Waals surface area contributed by atoms with E-state index in [1.165, 1.54) is 0 Å². The number of halogens is 1. The highest BCUT2D eigenvalue weighted by Crippen LogP contribution is 2.22. The van der Waals surface area contributed by atoms with Gasteiger partial charge in [-0.05, 0) is 31.2 Å². The second-order valence-corrected chi connectivity index (χ2v) is 5.27. The zero-order chi connectivity index (χ0) is 14.4. The third-order valence-corrected chi connectivity index (χ3v) is 3.50. The van der Waals surface area contributed by atoms with Crippen molar-refractivity contribution in [3.63, 3.8) is 0 Å². The Bertz CT molecular complexity index is 462. The number of ether oxygens (including phenoxy) is 1. The fourth-order valence-electron chi connectivity index (χ4n) is 2.15. The van der Waals surface area contributed by atoms with E-state index in [4.69, 9.17) is 22.1 Å². The molecule has 1 saturated heterocycles. The molecule has 1 aromatic rings. The van der Waals surface area contributed by atoms with Crippen LogP contribution in [0.5, 0.6) is 0 Å². The SMILES string of the molecule is Nc1cc(Cl)ccc1NC(=O)CCCN1CCOCC1. The molecule has 1 heterocycles. The van der Waals surface area contributed by atoms with Gasteiger partial charge in [0.25, 0.3) is 0 Å². The van der Waals surface area contributed by atoms with Gasteiger partial charge < -0.3 is 15.8 Å². The lowest BCUT2D eigenvalue weighted by Gasteiger charge is -2.26. The minimum Gasteiger partial charge on any atom is -0.397 e. The molecule has 2 rings (SSSR count). The number of anilines is 2. The topological polar surface area (TPSA) is 67.6 Å². The average Bonchev–Trinajstić information content (AvgIpc) is 2.43. The van der Waals surface area contributed by atoms with Crippen molar-refractivity contribution < 1.29 is 9.53 Å². The molecule has 6 heteroatoms. The maximum Gasteiger partial charge on any atom is 0.224 e. The van der Waals surface area contributed by atoms with Gasteiger partial charge in [-0.25, -0.2) is 0 Å². The molecular formula is C14H20ClN3O2. The van der Waals surface area contributed by atoms with Gasteiger partial charge in [0.1, 0.15) is 0 Å². The number of hydrogen-bond acceptors (Lipinski definition) is 4. The molecule has 1 amide bonds. The number of carbonyl (C=O) groups is 1. The van der Waals surface area contributed by atoms with Gasteiger partial charge in [0, 0.05) is 24.5 Å². The van der Waals surface area contributed by atoms with Gasteiger partial charge in [-0.3, -0.25) is 9.69 Å². The molecule has 0 radical (unpaired) electrons. The van der Waals surface area contributed by atoms with Crippen LogP contribution in [0.15, 0.2) is 18.2 Å². The number of nitrogens with one attached hydrogen (secondary N) is 1. The summed E-state index contributed by atoms with van der Waals surface area (Å²) < 4.78 is 5.28. The zero-order valence-corrected chi connectivity index (χ0v) is 12.2. The van der Waals surface area contributed by atoms with Crippen molar-refractivity contribution in [3.8, 4) is 0 Å². The van der Waals surface area contributed by atoms with E-state index in [0.29, 0.717) is 22.8 Å². The number of amides is 1. The molecule has 5 nitrogen and oxygen atoms in total. The normalized spacial score (nSPS) is 16.1. The number of nitrogens with two attached hydrogens (primary N) is 1. The van der Waals surface area contributed by atoms with E-state index < -0.39 is 0 Å². The lowest BCUT2D eigenvalue weighted by atomic mass is 10.2. The minimum absolute atomic E-state index is 0.0210. The third kappa shape index (κ3) is 4.67. The molecule has 0 unspecified atom stereocenters. The first-order valence-electron chi connectivity index (χ1n) is 6.80. The van der Waals surface area contributed by atoms with Gasteiger partial charge in [0.2, 0.25) is 5.91 Å². The van der Waals surface area contributed by atoms with Crippen molar-refractivity contribution in [2.24, 2.45) is 0 Å². The van der Waals surface area contributed by atoms with Gasteiger partial charge >= 0.3 is 0 Å². The van der Waals surface area contributed by atoms with E-state index in [-0.39, 0.29) is 5.91 Å². The predicted octanol–water partition coefficient (Wildman–Crippen LogP) is 1.97. The smallest absolute Gasteiger partial charge is 0.224 e. The number of carbonyl (C=O) groups excluding carboxylic acids is 1. The maximum atomic E-state index is 11.8. The van der Waals surface area contributed by atoms with Crippen molar-refractivity contribution in [3.05, 3.63) is 23.2 Å². The summed E-state index contributed by atoms with van der Waals surface area (Å²) in [6.07, 6.45) is 1.32. The largest absolute Gasteiger partial charge is 0.397 e. The van der Waals surface area contributed by atoms with Crippen LogP contribution >= 0.6 is 11.6 Å². The third-order valence-electron chi connectivity index (χ3n) is 3.27. The molecular weight excluding hydrogens is 278 g/mol. The van der Waals surface area contributed by atoms with Crippen LogP contribution in [-0.2, 0) is 9.53 Å². The molecule has 1 aliphatic heterocycles. The van der Waals surface area contributed by atoms with Crippen LogP contribution in [0.1, 0.15) is 12.8 Å².